The molecule has 120 valence electrons. The highest BCUT2D eigenvalue weighted by atomic mass is 32.1. The second-order valence-electron chi connectivity index (χ2n) is 5.02. The van der Waals surface area contributed by atoms with Gasteiger partial charge in [0.1, 0.15) is 5.75 Å². The first-order chi connectivity index (χ1) is 11.7. The molecular formula is C16H11N3O3S2. The predicted molar refractivity (Wildman–Crippen MR) is 93.9 cm³/mol. The lowest BCUT2D eigenvalue weighted by atomic mass is 10.1. The fourth-order valence-corrected chi connectivity index (χ4v) is 3.72. The van der Waals surface area contributed by atoms with Crippen LogP contribution in [0.25, 0.3) is 10.6 Å². The number of hydrogen-bond donors (Lipinski definition) is 2. The van der Waals surface area contributed by atoms with Gasteiger partial charge in [-0.05, 0) is 29.6 Å². The molecule has 0 saturated carbocycles. The second-order valence-corrected chi connectivity index (χ2v) is 6.82. The van der Waals surface area contributed by atoms with Gasteiger partial charge in [0.05, 0.1) is 16.3 Å². The minimum absolute atomic E-state index is 0.0469. The van der Waals surface area contributed by atoms with Gasteiger partial charge in [-0.3, -0.25) is 14.9 Å². The number of nitrogens with one attached hydrogen (secondary N) is 2. The summed E-state index contributed by atoms with van der Waals surface area (Å²) < 4.78 is 5.33. The third-order valence-electron chi connectivity index (χ3n) is 3.37. The van der Waals surface area contributed by atoms with Gasteiger partial charge in [-0.1, -0.05) is 6.07 Å². The standard InChI is InChI=1S/C16H11N3O3S2/c20-14-7-22-12-6-9(3-4-10(12)17-14)15(21)19-16-18-11(8-24-16)13-2-1-5-23-13/h1-6,8H,7H2,(H,17,20)(H,18,19,21). The van der Waals surface area contributed by atoms with Crippen LogP contribution in [0, 0.1) is 0 Å². The van der Waals surface area contributed by atoms with Crippen molar-refractivity contribution in [3.8, 4) is 16.3 Å². The third-order valence-corrected chi connectivity index (χ3v) is 5.03. The number of thiazole rings is 1. The third kappa shape index (κ3) is 2.89. The zero-order valence-corrected chi connectivity index (χ0v) is 13.9. The molecule has 8 heteroatoms. The first kappa shape index (κ1) is 14.9. The predicted octanol–water partition coefficient (Wildman–Crippen LogP) is 3.45. The fraction of sp³-hybridized carbons (Fsp3) is 0.0625. The number of ether oxygens (including phenoxy) is 1. The summed E-state index contributed by atoms with van der Waals surface area (Å²) in [4.78, 5) is 29.1. The number of carbonyl (C=O) groups is 2. The molecule has 0 saturated heterocycles. The lowest BCUT2D eigenvalue weighted by Gasteiger charge is -2.18. The van der Waals surface area contributed by atoms with Gasteiger partial charge in [0.25, 0.3) is 11.8 Å². The number of carbonyl (C=O) groups excluding carboxylic acids is 2. The molecule has 0 radical (unpaired) electrons. The van der Waals surface area contributed by atoms with Crippen LogP contribution in [0.4, 0.5) is 10.8 Å². The maximum absolute atomic E-state index is 12.4. The Morgan fingerprint density at radius 2 is 2.21 bits per heavy atom. The number of benzene rings is 1. The van der Waals surface area contributed by atoms with Crippen molar-refractivity contribution in [1.82, 2.24) is 4.98 Å². The second kappa shape index (κ2) is 6.06. The van der Waals surface area contributed by atoms with E-state index in [9.17, 15) is 9.59 Å². The van der Waals surface area contributed by atoms with Crippen LogP contribution in [-0.2, 0) is 4.79 Å². The number of anilines is 2. The highest BCUT2D eigenvalue weighted by Gasteiger charge is 2.18. The van der Waals surface area contributed by atoms with E-state index in [0.29, 0.717) is 22.1 Å². The summed E-state index contributed by atoms with van der Waals surface area (Å²) in [5, 5.41) is 9.91. The van der Waals surface area contributed by atoms with E-state index in [1.165, 1.54) is 11.3 Å². The molecule has 0 atom stereocenters. The van der Waals surface area contributed by atoms with Crippen molar-refractivity contribution in [2.75, 3.05) is 17.2 Å². The molecule has 2 amide bonds. The Morgan fingerprint density at radius 1 is 1.29 bits per heavy atom. The summed E-state index contributed by atoms with van der Waals surface area (Å²) in [5.74, 6) is 0.00892. The number of hydrogen-bond acceptors (Lipinski definition) is 6. The zero-order chi connectivity index (χ0) is 16.5. The van der Waals surface area contributed by atoms with E-state index in [2.05, 4.69) is 15.6 Å². The van der Waals surface area contributed by atoms with Crippen LogP contribution in [0.5, 0.6) is 5.75 Å². The normalized spacial score (nSPS) is 12.9. The molecule has 0 spiro atoms. The minimum atomic E-state index is -0.273. The Balaban J connectivity index is 1.51. The van der Waals surface area contributed by atoms with Crippen molar-refractivity contribution in [3.05, 3.63) is 46.7 Å². The van der Waals surface area contributed by atoms with Crippen molar-refractivity contribution in [2.24, 2.45) is 0 Å². The van der Waals surface area contributed by atoms with Gasteiger partial charge in [-0.15, -0.1) is 22.7 Å². The van der Waals surface area contributed by atoms with Crippen LogP contribution in [0.1, 0.15) is 10.4 Å². The molecule has 0 fully saturated rings. The number of aromatic nitrogens is 1. The Morgan fingerprint density at radius 3 is 3.04 bits per heavy atom. The average Bonchev–Trinajstić information content (AvgIpc) is 3.25. The van der Waals surface area contributed by atoms with Gasteiger partial charge < -0.3 is 10.1 Å². The summed E-state index contributed by atoms with van der Waals surface area (Å²) in [6.45, 7) is -0.0469. The van der Waals surface area contributed by atoms with E-state index in [1.807, 2.05) is 22.9 Å². The molecule has 0 bridgehead atoms. The molecule has 6 nitrogen and oxygen atoms in total. The first-order valence-corrected chi connectivity index (χ1v) is 8.82. The average molecular weight is 357 g/mol. The van der Waals surface area contributed by atoms with Crippen LogP contribution in [0.2, 0.25) is 0 Å². The number of thiophene rings is 1. The van der Waals surface area contributed by atoms with Gasteiger partial charge in [0.2, 0.25) is 0 Å². The highest BCUT2D eigenvalue weighted by molar-refractivity contribution is 7.16. The molecule has 1 aliphatic rings. The molecular weight excluding hydrogens is 346 g/mol. The van der Waals surface area contributed by atoms with Crippen molar-refractivity contribution >= 4 is 45.3 Å². The van der Waals surface area contributed by atoms with Gasteiger partial charge in [0.15, 0.2) is 11.7 Å². The van der Waals surface area contributed by atoms with Crippen LogP contribution < -0.4 is 15.4 Å². The Hall–Kier alpha value is -2.71. The van der Waals surface area contributed by atoms with Crippen molar-refractivity contribution in [1.29, 1.82) is 0 Å². The summed E-state index contributed by atoms with van der Waals surface area (Å²) in [6.07, 6.45) is 0. The van der Waals surface area contributed by atoms with E-state index in [0.717, 1.165) is 10.6 Å². The number of fused-ring (bicyclic) bond motifs is 1. The molecule has 3 heterocycles. The molecule has 1 aromatic carbocycles. The first-order valence-electron chi connectivity index (χ1n) is 7.06. The zero-order valence-electron chi connectivity index (χ0n) is 12.2. The molecule has 0 aliphatic carbocycles. The Bertz CT molecular complexity index is 919. The summed E-state index contributed by atoms with van der Waals surface area (Å²) in [6, 6.07) is 8.85. The quantitative estimate of drug-likeness (QED) is 0.752. The molecule has 4 rings (SSSR count). The molecule has 1 aliphatic heterocycles. The van der Waals surface area contributed by atoms with Gasteiger partial charge in [0, 0.05) is 10.9 Å². The lowest BCUT2D eigenvalue weighted by molar-refractivity contribution is -0.118. The molecule has 24 heavy (non-hydrogen) atoms. The molecule has 0 unspecified atom stereocenters. The summed E-state index contributed by atoms with van der Waals surface area (Å²) in [7, 11) is 0. The highest BCUT2D eigenvalue weighted by Crippen LogP contribution is 2.30. The van der Waals surface area contributed by atoms with Gasteiger partial charge >= 0.3 is 0 Å². The van der Waals surface area contributed by atoms with Crippen LogP contribution in [0.3, 0.4) is 0 Å². The summed E-state index contributed by atoms with van der Waals surface area (Å²) >= 11 is 2.98. The topological polar surface area (TPSA) is 80.3 Å². The van der Waals surface area contributed by atoms with Crippen molar-refractivity contribution < 1.29 is 14.3 Å². The lowest BCUT2D eigenvalue weighted by Crippen LogP contribution is -2.25. The van der Waals surface area contributed by atoms with Crippen molar-refractivity contribution in [2.45, 2.75) is 0 Å². The number of nitrogens with zero attached hydrogens (tertiary/aromatic N) is 1. The maximum Gasteiger partial charge on any atom is 0.262 e. The molecule has 3 aromatic rings. The smallest absolute Gasteiger partial charge is 0.262 e. The molecule has 2 N–H and O–H groups in total. The van der Waals surface area contributed by atoms with Crippen molar-refractivity contribution in [3.63, 3.8) is 0 Å². The van der Waals surface area contributed by atoms with Gasteiger partial charge in [-0.2, -0.15) is 0 Å². The SMILES string of the molecule is O=C1COc2cc(C(=O)Nc3nc(-c4cccs4)cs3)ccc2N1. The minimum Gasteiger partial charge on any atom is -0.482 e. The monoisotopic (exact) mass is 357 g/mol. The largest absolute Gasteiger partial charge is 0.482 e. The van der Waals surface area contributed by atoms with E-state index >= 15 is 0 Å². The number of rotatable bonds is 3. The van der Waals surface area contributed by atoms with E-state index in [1.54, 1.807) is 29.5 Å². The molecule has 2 aromatic heterocycles. The Labute approximate surface area is 145 Å². The summed E-state index contributed by atoms with van der Waals surface area (Å²) in [5.41, 5.74) is 1.86. The fourth-order valence-electron chi connectivity index (χ4n) is 2.25. The number of amides is 2. The van der Waals surface area contributed by atoms with Crippen LogP contribution >= 0.6 is 22.7 Å². The van der Waals surface area contributed by atoms with Gasteiger partial charge in [-0.25, -0.2) is 4.98 Å². The van der Waals surface area contributed by atoms with Crippen LogP contribution in [0.15, 0.2) is 41.1 Å². The van der Waals surface area contributed by atoms with Crippen LogP contribution in [-0.4, -0.2) is 23.4 Å². The van der Waals surface area contributed by atoms with E-state index in [-0.39, 0.29) is 18.4 Å². The van der Waals surface area contributed by atoms with E-state index < -0.39 is 0 Å². The Kier molecular flexibility index (Phi) is 3.75. The maximum atomic E-state index is 12.4. The van der Waals surface area contributed by atoms with E-state index in [4.69, 9.17) is 4.74 Å².